The summed E-state index contributed by atoms with van der Waals surface area (Å²) in [6.45, 7) is -1.14. The van der Waals surface area contributed by atoms with Crippen LogP contribution in [0.1, 0.15) is 33.9 Å². The van der Waals surface area contributed by atoms with Gasteiger partial charge in [-0.3, -0.25) is 9.48 Å². The number of anilines is 1. The highest BCUT2D eigenvalue weighted by molar-refractivity contribution is 6.02. The predicted molar refractivity (Wildman–Crippen MR) is 88.9 cm³/mol. The van der Waals surface area contributed by atoms with E-state index in [4.69, 9.17) is 0 Å². The Hall–Kier alpha value is -3.24. The van der Waals surface area contributed by atoms with Gasteiger partial charge in [0.1, 0.15) is 0 Å². The highest BCUT2D eigenvalue weighted by atomic mass is 19.4. The summed E-state index contributed by atoms with van der Waals surface area (Å²) in [7, 11) is 0. The number of nitrogens with zero attached hydrogens (tertiary/aromatic N) is 4. The maximum absolute atomic E-state index is 12.8. The van der Waals surface area contributed by atoms with Crippen molar-refractivity contribution in [3.8, 4) is 0 Å². The number of hydrogen-bond acceptors (Lipinski definition) is 3. The second-order valence-corrected chi connectivity index (χ2v) is 5.94. The molecule has 0 saturated carbocycles. The Morgan fingerprint density at radius 1 is 1.18 bits per heavy atom. The summed E-state index contributed by atoms with van der Waals surface area (Å²) >= 11 is 0. The third-order valence-corrected chi connectivity index (χ3v) is 3.85. The van der Waals surface area contributed by atoms with E-state index in [1.54, 1.807) is 6.92 Å². The van der Waals surface area contributed by atoms with Gasteiger partial charge in [-0.25, -0.2) is 4.68 Å². The smallest absolute Gasteiger partial charge is 0.304 e. The van der Waals surface area contributed by atoms with Crippen molar-refractivity contribution < 1.29 is 26.7 Å². The van der Waals surface area contributed by atoms with Crippen LogP contribution in [0.15, 0.2) is 42.6 Å². The number of carbonyl (C=O) groups is 1. The quantitative estimate of drug-likeness (QED) is 0.657. The van der Waals surface area contributed by atoms with Crippen molar-refractivity contribution in [1.82, 2.24) is 19.6 Å². The molecule has 0 radical (unpaired) electrons. The normalized spacial score (nSPS) is 11.8. The minimum Gasteiger partial charge on any atom is -0.304 e. The van der Waals surface area contributed by atoms with Crippen LogP contribution in [0.25, 0.3) is 0 Å². The summed E-state index contributed by atoms with van der Waals surface area (Å²) in [6.07, 6.45) is -3.48. The Labute approximate surface area is 155 Å². The lowest BCUT2D eigenvalue weighted by Gasteiger charge is -2.09. The highest BCUT2D eigenvalue weighted by Gasteiger charge is 2.30. The number of rotatable bonds is 5. The lowest BCUT2D eigenvalue weighted by atomic mass is 10.1. The van der Waals surface area contributed by atoms with Crippen molar-refractivity contribution in [3.05, 3.63) is 65.1 Å². The zero-order valence-corrected chi connectivity index (χ0v) is 14.4. The first-order valence-electron chi connectivity index (χ1n) is 7.99. The van der Waals surface area contributed by atoms with Crippen molar-refractivity contribution in [2.24, 2.45) is 0 Å². The number of aryl methyl sites for hydroxylation is 1. The minimum absolute atomic E-state index is 0.0611. The lowest BCUT2D eigenvalue weighted by molar-refractivity contribution is -0.137. The van der Waals surface area contributed by atoms with Crippen LogP contribution in [0, 0.1) is 6.92 Å². The summed E-state index contributed by atoms with van der Waals surface area (Å²) in [6, 6.07) is 7.48. The predicted octanol–water partition coefficient (Wildman–Crippen LogP) is 4.10. The molecule has 1 aromatic carbocycles. The molecule has 2 aromatic heterocycles. The summed E-state index contributed by atoms with van der Waals surface area (Å²) < 4.78 is 65.3. The molecule has 0 unspecified atom stereocenters. The van der Waals surface area contributed by atoms with Crippen LogP contribution in [-0.2, 0) is 12.7 Å². The molecule has 0 atom stereocenters. The summed E-state index contributed by atoms with van der Waals surface area (Å²) in [5, 5.41) is 10.00. The van der Waals surface area contributed by atoms with Gasteiger partial charge in [0.05, 0.1) is 12.1 Å². The van der Waals surface area contributed by atoms with Crippen LogP contribution in [0.2, 0.25) is 0 Å². The fourth-order valence-electron chi connectivity index (χ4n) is 2.50. The molecule has 2 heterocycles. The molecule has 11 heteroatoms. The topological polar surface area (TPSA) is 64.7 Å². The van der Waals surface area contributed by atoms with E-state index in [2.05, 4.69) is 15.5 Å². The van der Waals surface area contributed by atoms with Gasteiger partial charge in [-0.05, 0) is 30.7 Å². The molecule has 0 fully saturated rings. The molecule has 3 aromatic rings. The molecule has 0 aliphatic rings. The molecule has 1 amide bonds. The van der Waals surface area contributed by atoms with Gasteiger partial charge in [-0.1, -0.05) is 12.1 Å². The number of alkyl halides is 5. The fourth-order valence-corrected chi connectivity index (χ4v) is 2.50. The second kappa shape index (κ2) is 7.41. The number of carbonyl (C=O) groups excluding carboxylic acids is 1. The number of halogens is 5. The van der Waals surface area contributed by atoms with Gasteiger partial charge < -0.3 is 5.32 Å². The van der Waals surface area contributed by atoms with Crippen molar-refractivity contribution in [2.45, 2.75) is 26.2 Å². The monoisotopic (exact) mass is 399 g/mol. The molecule has 0 aliphatic carbocycles. The van der Waals surface area contributed by atoms with Gasteiger partial charge in [0.2, 0.25) is 0 Å². The molecule has 28 heavy (non-hydrogen) atoms. The summed E-state index contributed by atoms with van der Waals surface area (Å²) in [5.74, 6) is -0.607. The maximum Gasteiger partial charge on any atom is 0.416 e. The maximum atomic E-state index is 12.8. The summed E-state index contributed by atoms with van der Waals surface area (Å²) in [4.78, 5) is 12.1. The molecule has 148 valence electrons. The zero-order valence-electron chi connectivity index (χ0n) is 14.4. The molecule has 3 rings (SSSR count). The highest BCUT2D eigenvalue weighted by Crippen LogP contribution is 2.29. The van der Waals surface area contributed by atoms with Gasteiger partial charge in [-0.15, -0.1) is 0 Å². The molecule has 6 nitrogen and oxygen atoms in total. The van der Waals surface area contributed by atoms with Gasteiger partial charge >= 0.3 is 12.7 Å². The van der Waals surface area contributed by atoms with Crippen LogP contribution in [0.3, 0.4) is 0 Å². The van der Waals surface area contributed by atoms with E-state index in [0.717, 1.165) is 24.4 Å². The number of amides is 1. The van der Waals surface area contributed by atoms with Crippen LogP contribution in [0.5, 0.6) is 0 Å². The van der Waals surface area contributed by atoms with E-state index in [1.165, 1.54) is 22.9 Å². The molecule has 0 bridgehead atoms. The average molecular weight is 399 g/mol. The van der Waals surface area contributed by atoms with E-state index in [0.29, 0.717) is 15.9 Å². The molecule has 0 spiro atoms. The van der Waals surface area contributed by atoms with Gasteiger partial charge in [0, 0.05) is 18.0 Å². The van der Waals surface area contributed by atoms with Crippen molar-refractivity contribution in [3.63, 3.8) is 0 Å². The van der Waals surface area contributed by atoms with Gasteiger partial charge in [0.15, 0.2) is 11.5 Å². The first-order chi connectivity index (χ1) is 13.1. The Balaban J connectivity index is 1.73. The second-order valence-electron chi connectivity index (χ2n) is 5.94. The SMILES string of the molecule is Cc1cc(NC(=O)c2ccn(C(F)F)n2)nn1Cc1cccc(C(F)(F)F)c1. The van der Waals surface area contributed by atoms with Gasteiger partial charge in [0.25, 0.3) is 5.91 Å². The van der Waals surface area contributed by atoms with E-state index in [1.807, 2.05) is 0 Å². The van der Waals surface area contributed by atoms with E-state index in [-0.39, 0.29) is 18.1 Å². The van der Waals surface area contributed by atoms with Gasteiger partial charge in [-0.2, -0.15) is 32.1 Å². The van der Waals surface area contributed by atoms with Crippen LogP contribution >= 0.6 is 0 Å². The molecule has 0 saturated heterocycles. The third-order valence-electron chi connectivity index (χ3n) is 3.85. The lowest BCUT2D eigenvalue weighted by Crippen LogP contribution is -2.14. The van der Waals surface area contributed by atoms with E-state index in [9.17, 15) is 26.7 Å². The van der Waals surface area contributed by atoms with Crippen molar-refractivity contribution in [2.75, 3.05) is 5.32 Å². The Morgan fingerprint density at radius 3 is 2.57 bits per heavy atom. The molecule has 0 aliphatic heterocycles. The van der Waals surface area contributed by atoms with Crippen molar-refractivity contribution >= 4 is 11.7 Å². The zero-order chi connectivity index (χ0) is 20.5. The average Bonchev–Trinajstić information content (AvgIpc) is 3.22. The number of benzene rings is 1. The van der Waals surface area contributed by atoms with E-state index < -0.39 is 24.2 Å². The Morgan fingerprint density at radius 2 is 1.93 bits per heavy atom. The summed E-state index contributed by atoms with van der Waals surface area (Å²) in [5.41, 5.74) is -0.0104. The van der Waals surface area contributed by atoms with Crippen LogP contribution in [-0.4, -0.2) is 25.5 Å². The molecule has 1 N–H and O–H groups in total. The Bertz CT molecular complexity index is 992. The molecular formula is C17H14F5N5O. The number of aromatic nitrogens is 4. The first kappa shape index (κ1) is 19.5. The standard InChI is InChI=1S/C17H14F5N5O/c1-10-7-14(23-15(28)13-5-6-26(24-13)16(18)19)25-27(10)9-11-3-2-4-12(8-11)17(20,21)22/h2-8,16H,9H2,1H3,(H,23,25,28). The van der Waals surface area contributed by atoms with Crippen molar-refractivity contribution in [1.29, 1.82) is 0 Å². The Kier molecular flexibility index (Phi) is 5.16. The number of hydrogen-bond donors (Lipinski definition) is 1. The fraction of sp³-hybridized carbons (Fsp3) is 0.235. The van der Waals surface area contributed by atoms with E-state index >= 15 is 0 Å². The first-order valence-corrected chi connectivity index (χ1v) is 7.99. The molecular weight excluding hydrogens is 385 g/mol. The largest absolute Gasteiger partial charge is 0.416 e. The van der Waals surface area contributed by atoms with Crippen LogP contribution in [0.4, 0.5) is 27.8 Å². The number of nitrogens with one attached hydrogen (secondary N) is 1. The van der Waals surface area contributed by atoms with Crippen LogP contribution < -0.4 is 5.32 Å². The minimum atomic E-state index is -4.45. The third kappa shape index (κ3) is 4.35.